The maximum Gasteiger partial charge on any atom is 0.229 e. The van der Waals surface area contributed by atoms with Gasteiger partial charge in [-0.25, -0.2) is 71.5 Å². The highest BCUT2D eigenvalue weighted by Crippen LogP contribution is 2.43. The van der Waals surface area contributed by atoms with Gasteiger partial charge < -0.3 is 78.0 Å². The van der Waals surface area contributed by atoms with Crippen molar-refractivity contribution in [2.45, 2.75) is 55.0 Å². The molecule has 0 unspecified atom stereocenters. The largest absolute Gasteiger partial charge is 0.726 e. The van der Waals surface area contributed by atoms with Crippen molar-refractivity contribution in [2.75, 3.05) is 13.2 Å². The van der Waals surface area contributed by atoms with Gasteiger partial charge in [0.25, 0.3) is 0 Å². The molecule has 2 heterocycles. The van der Waals surface area contributed by atoms with Crippen molar-refractivity contribution < 1.29 is 179 Å². The summed E-state index contributed by atoms with van der Waals surface area (Å²) in [5, 5.41) is 0. The summed E-state index contributed by atoms with van der Waals surface area (Å²) in [6, 6.07) is 0. The Morgan fingerprint density at radius 1 is 0.426 bits per heavy atom. The fourth-order valence-electron chi connectivity index (χ4n) is 3.99. The van der Waals surface area contributed by atoms with Crippen molar-refractivity contribution in [3.05, 3.63) is 0 Å². The Labute approximate surface area is 362 Å². The van der Waals surface area contributed by atoms with E-state index < -0.39 is 151 Å². The summed E-state index contributed by atoms with van der Waals surface area (Å²) in [5.41, 5.74) is 0. The van der Waals surface area contributed by atoms with Gasteiger partial charge in [-0.2, -0.15) is 0 Å². The fourth-order valence-corrected chi connectivity index (χ4v) is 7.43. The second kappa shape index (κ2) is 25.0. The van der Waals surface area contributed by atoms with Crippen LogP contribution in [0.15, 0.2) is 0 Å². The molecule has 9 atom stereocenters. The lowest BCUT2D eigenvalue weighted by Crippen LogP contribution is -2.65. The van der Waals surface area contributed by atoms with Crippen molar-refractivity contribution in [3.63, 3.8) is 0 Å². The third-order valence-corrected chi connectivity index (χ3v) is 8.89. The molecule has 0 aliphatic carbocycles. The molecule has 2 fully saturated rings. The molecule has 0 aromatic heterocycles. The number of hydrogen-bond acceptors (Lipinski definition) is 35. The van der Waals surface area contributed by atoms with Gasteiger partial charge in [-0.05, 0) is 0 Å². The van der Waals surface area contributed by atoms with E-state index in [9.17, 15) is 104 Å². The Hall–Kier alpha value is -0.295. The molecule has 0 aromatic carbocycles. The molecule has 50 heteroatoms. The summed E-state index contributed by atoms with van der Waals surface area (Å²) >= 11 is 0. The SMILES string of the molecule is O.O.O.O.O.O=S(=O)([O-])OC[C@H]1O[C@@H](O[C@]2(COS(=O)(=O)[O-])O[C@H](OS(=O)(=O)[O-])[C@@H](OS(=O)(=O)[O-])[C@@H]2OS(=O)(=O)[O-])[C@H](OS(=O)(=O)[O-])[C@@H](OS(=O)(=O)[O-])[C@@H]1OS(=O)(=O)[O-].[AlH].[Al]. The first kappa shape index (κ1) is 72.3. The summed E-state index contributed by atoms with van der Waals surface area (Å²) < 4.78 is 318. The molecule has 2 aliphatic rings. The van der Waals surface area contributed by atoms with Crippen molar-refractivity contribution in [1.29, 1.82) is 0 Å². The topological polar surface area (TPSA) is 717 Å². The molecular formula is C11H23Al2O40S8-8. The van der Waals surface area contributed by atoms with Crippen LogP contribution in [-0.4, -0.2) is 234 Å². The Balaban J connectivity index is -0.00000108. The lowest BCUT2D eigenvalue weighted by atomic mass is 9.99. The molecule has 0 aromatic rings. The van der Waals surface area contributed by atoms with E-state index in [0.717, 1.165) is 0 Å². The maximum atomic E-state index is 11.6. The van der Waals surface area contributed by atoms with Crippen LogP contribution in [0.2, 0.25) is 0 Å². The second-order valence-corrected chi connectivity index (χ2v) is 17.3. The molecule has 2 aliphatic heterocycles. The van der Waals surface area contributed by atoms with E-state index in [1.807, 2.05) is 0 Å². The Morgan fingerprint density at radius 3 is 1.13 bits per heavy atom. The number of ether oxygens (including phenoxy) is 3. The maximum absolute atomic E-state index is 11.6. The second-order valence-electron chi connectivity index (χ2n) is 9.13. The predicted octanol–water partition coefficient (Wildman–Crippen LogP) is -14.7. The highest BCUT2D eigenvalue weighted by molar-refractivity contribution is 7.82. The first-order valence-corrected chi connectivity index (χ1v) is 22.4. The van der Waals surface area contributed by atoms with E-state index in [1.165, 1.54) is 0 Å². The molecule has 2 rings (SSSR count). The van der Waals surface area contributed by atoms with Crippen LogP contribution in [0.4, 0.5) is 0 Å². The van der Waals surface area contributed by atoms with Crippen molar-refractivity contribution in [1.82, 2.24) is 0 Å². The molecule has 61 heavy (non-hydrogen) atoms. The van der Waals surface area contributed by atoms with Gasteiger partial charge in [0.2, 0.25) is 95.3 Å². The molecular weight excluding hydrogens is 1080 g/mol. The van der Waals surface area contributed by atoms with Gasteiger partial charge in [-0.15, -0.1) is 0 Å². The van der Waals surface area contributed by atoms with Gasteiger partial charge in [0.1, 0.15) is 24.9 Å². The summed E-state index contributed by atoms with van der Waals surface area (Å²) in [5.74, 6) is -4.46. The minimum absolute atomic E-state index is 0. The van der Waals surface area contributed by atoms with Gasteiger partial charge in [0, 0.05) is 17.4 Å². The quantitative estimate of drug-likeness (QED) is 0.0620. The zero-order valence-electron chi connectivity index (χ0n) is 27.9. The standard InChI is InChI=1S/C11H20O35S8.2Al.5H2O.H/c12-47(13,14)36-1-3-4(41-49(18,19)20)5(42-50(21,22)23)6(43-51(24,25)26)9(38-3)39-11(2-37-48(15,16)17)8(45-53(30,31)32)7(44-52(27,28)29)10(40-11)46-54(33,34)35;;;;;;;;/h3-10H,1-2H2,(H,12,13,14)(H,15,16,17)(H,18,19,20)(H,21,22,23)(H,24,25,26)(H,27,28,29)(H,30,31,32)(H,33,34,35);;;5*1H2;/p-8/t3-,4-,5+,6-,7+,8+,9+,10-,11-;;;;;;;;/m1......../s1. The Bertz CT molecular complexity index is 2270. The molecule has 2 saturated heterocycles. The highest BCUT2D eigenvalue weighted by Gasteiger charge is 2.65. The first-order chi connectivity index (χ1) is 23.7. The number of rotatable bonds is 20. The molecule has 0 spiro atoms. The van der Waals surface area contributed by atoms with Crippen LogP contribution >= 0.6 is 0 Å². The average Bonchev–Trinajstić information content (AvgIpc) is 3.10. The van der Waals surface area contributed by atoms with Crippen LogP contribution in [-0.2, 0) is 131 Å². The van der Waals surface area contributed by atoms with Crippen molar-refractivity contribution in [3.8, 4) is 0 Å². The predicted molar refractivity (Wildman–Crippen MR) is 163 cm³/mol. The summed E-state index contributed by atoms with van der Waals surface area (Å²) in [6.07, 6.45) is -28.8. The zero-order chi connectivity index (χ0) is 42.3. The van der Waals surface area contributed by atoms with E-state index in [4.69, 9.17) is 9.47 Å². The van der Waals surface area contributed by atoms with E-state index in [1.54, 1.807) is 0 Å². The van der Waals surface area contributed by atoms with Crippen LogP contribution in [0.25, 0.3) is 0 Å². The van der Waals surface area contributed by atoms with E-state index in [0.29, 0.717) is 0 Å². The van der Waals surface area contributed by atoms with Crippen LogP contribution in [0.1, 0.15) is 0 Å². The molecule has 0 bridgehead atoms. The molecule has 40 nitrogen and oxygen atoms in total. The van der Waals surface area contributed by atoms with Gasteiger partial charge in [-0.3, -0.25) is 29.3 Å². The third kappa shape index (κ3) is 26.4. The summed E-state index contributed by atoms with van der Waals surface area (Å²) in [4.78, 5) is 0. The molecule has 0 saturated carbocycles. The van der Waals surface area contributed by atoms with Gasteiger partial charge in [-0.1, -0.05) is 0 Å². The molecule has 0 amide bonds. The minimum Gasteiger partial charge on any atom is -0.726 e. The zero-order valence-corrected chi connectivity index (χ0v) is 37.0. The minimum atomic E-state index is -6.63. The van der Waals surface area contributed by atoms with Gasteiger partial charge in [0.05, 0.1) is 24.0 Å². The fraction of sp³-hybridized carbons (Fsp3) is 1.00. The highest BCUT2D eigenvalue weighted by atomic mass is 32.3. The molecule has 10 N–H and O–H groups in total. The normalized spacial score (nSPS) is 27.5. The Morgan fingerprint density at radius 2 is 0.770 bits per heavy atom. The Kier molecular flexibility index (Phi) is 29.6. The van der Waals surface area contributed by atoms with Crippen LogP contribution < -0.4 is 0 Å². The van der Waals surface area contributed by atoms with Crippen LogP contribution in [0, 0.1) is 0 Å². The first-order valence-electron chi connectivity index (χ1n) is 11.7. The van der Waals surface area contributed by atoms with E-state index >= 15 is 0 Å². The van der Waals surface area contributed by atoms with Crippen molar-refractivity contribution >= 4 is 118 Å². The van der Waals surface area contributed by atoms with E-state index in [-0.39, 0.29) is 62.1 Å². The molecule has 5 radical (unpaired) electrons. The summed E-state index contributed by atoms with van der Waals surface area (Å²) in [6.45, 7) is -4.79. The van der Waals surface area contributed by atoms with Gasteiger partial charge >= 0.3 is 0 Å². The van der Waals surface area contributed by atoms with E-state index in [2.05, 4.69) is 38.2 Å². The lowest BCUT2D eigenvalue weighted by Gasteiger charge is -2.47. The average molecular weight is 1110 g/mol. The number of hydrogen-bond donors (Lipinski definition) is 0. The van der Waals surface area contributed by atoms with Gasteiger partial charge in [0.15, 0.2) is 24.6 Å². The van der Waals surface area contributed by atoms with Crippen LogP contribution in [0.3, 0.4) is 0 Å². The third-order valence-electron chi connectivity index (χ3n) is 5.35. The monoisotopic (exact) mass is 1100 g/mol. The van der Waals surface area contributed by atoms with Crippen LogP contribution in [0.5, 0.6) is 0 Å². The lowest BCUT2D eigenvalue weighted by molar-refractivity contribution is -0.380. The molecule has 369 valence electrons. The summed E-state index contributed by atoms with van der Waals surface area (Å²) in [7, 11) is -51.5. The smallest absolute Gasteiger partial charge is 0.229 e. The van der Waals surface area contributed by atoms with Crippen molar-refractivity contribution in [2.24, 2.45) is 0 Å².